The molecule has 2 aliphatic rings. The molecule has 2 fully saturated rings. The van der Waals surface area contributed by atoms with E-state index >= 15 is 0 Å². The molecule has 1 saturated heterocycles. The van der Waals surface area contributed by atoms with Gasteiger partial charge in [0.15, 0.2) is 0 Å². The molecule has 6 heteroatoms. The predicted molar refractivity (Wildman–Crippen MR) is 103 cm³/mol. The monoisotopic (exact) mass is 367 g/mol. The molecule has 0 spiro atoms. The lowest BCUT2D eigenvalue weighted by Gasteiger charge is -2.36. The molecule has 6 nitrogen and oxygen atoms in total. The minimum absolute atomic E-state index is 0.114. The molecule has 2 amide bonds. The average Bonchev–Trinajstić information content (AvgIpc) is 2.55. The number of amides is 2. The third kappa shape index (κ3) is 6.78. The van der Waals surface area contributed by atoms with E-state index in [4.69, 9.17) is 4.74 Å². The Kier molecular flexibility index (Phi) is 7.33. The van der Waals surface area contributed by atoms with Crippen molar-refractivity contribution in [2.45, 2.75) is 96.9 Å². The molecule has 2 N–H and O–H groups in total. The number of likely N-dealkylation sites (tertiary alicyclic amines) is 1. The number of ether oxygens (including phenoxy) is 1. The van der Waals surface area contributed by atoms with Gasteiger partial charge in [-0.25, -0.2) is 4.79 Å². The maximum absolute atomic E-state index is 12.6. The van der Waals surface area contributed by atoms with Gasteiger partial charge in [0.25, 0.3) is 0 Å². The van der Waals surface area contributed by atoms with E-state index in [2.05, 4.69) is 22.5 Å². The zero-order valence-corrected chi connectivity index (χ0v) is 17.1. The normalized spacial score (nSPS) is 26.8. The van der Waals surface area contributed by atoms with Gasteiger partial charge < -0.3 is 15.4 Å². The molecule has 150 valence electrons. The lowest BCUT2D eigenvalue weighted by atomic mass is 9.87. The number of carbonyl (C=O) groups excluding carboxylic acids is 2. The van der Waals surface area contributed by atoms with E-state index in [1.165, 1.54) is 12.8 Å². The van der Waals surface area contributed by atoms with Crippen LogP contribution >= 0.6 is 0 Å². The molecule has 2 rings (SSSR count). The van der Waals surface area contributed by atoms with Crippen molar-refractivity contribution in [2.75, 3.05) is 13.1 Å². The van der Waals surface area contributed by atoms with Crippen LogP contribution in [0.4, 0.5) is 4.79 Å². The first-order valence-corrected chi connectivity index (χ1v) is 10.2. The predicted octanol–water partition coefficient (Wildman–Crippen LogP) is 3.06. The molecule has 1 atom stereocenters. The maximum atomic E-state index is 12.6. The van der Waals surface area contributed by atoms with Crippen molar-refractivity contribution in [1.29, 1.82) is 0 Å². The van der Waals surface area contributed by atoms with Gasteiger partial charge in [0, 0.05) is 25.2 Å². The summed E-state index contributed by atoms with van der Waals surface area (Å²) >= 11 is 0. The summed E-state index contributed by atoms with van der Waals surface area (Å²) in [7, 11) is 0. The molecule has 0 aromatic carbocycles. The van der Waals surface area contributed by atoms with Gasteiger partial charge >= 0.3 is 6.09 Å². The van der Waals surface area contributed by atoms with E-state index in [-0.39, 0.29) is 24.1 Å². The molecule has 0 bridgehead atoms. The first kappa shape index (κ1) is 21.0. The number of hydrogen-bond donors (Lipinski definition) is 2. The highest BCUT2D eigenvalue weighted by Crippen LogP contribution is 2.23. The van der Waals surface area contributed by atoms with Crippen LogP contribution in [-0.2, 0) is 9.53 Å². The van der Waals surface area contributed by atoms with E-state index in [0.29, 0.717) is 6.04 Å². The topological polar surface area (TPSA) is 70.7 Å². The van der Waals surface area contributed by atoms with Crippen molar-refractivity contribution in [3.05, 3.63) is 0 Å². The molecule has 26 heavy (non-hydrogen) atoms. The summed E-state index contributed by atoms with van der Waals surface area (Å²) in [6, 6.07) is 0.348. The Hall–Kier alpha value is -1.30. The SMILES string of the molecule is CC1CCC(NC(=O)C(C)N2CCC(NC(=O)OC(C)(C)C)CC2)CC1. The smallest absolute Gasteiger partial charge is 0.407 e. The van der Waals surface area contributed by atoms with Crippen LogP contribution in [0.1, 0.15) is 73.1 Å². The van der Waals surface area contributed by atoms with Crippen molar-refractivity contribution in [3.8, 4) is 0 Å². The highest BCUT2D eigenvalue weighted by atomic mass is 16.6. The zero-order valence-electron chi connectivity index (χ0n) is 17.1. The van der Waals surface area contributed by atoms with E-state index < -0.39 is 5.60 Å². The Morgan fingerprint density at radius 3 is 2.04 bits per heavy atom. The fraction of sp³-hybridized carbons (Fsp3) is 0.900. The van der Waals surface area contributed by atoms with Crippen LogP contribution in [0, 0.1) is 5.92 Å². The van der Waals surface area contributed by atoms with Gasteiger partial charge in [-0.3, -0.25) is 9.69 Å². The van der Waals surface area contributed by atoms with Crippen molar-refractivity contribution in [1.82, 2.24) is 15.5 Å². The van der Waals surface area contributed by atoms with Crippen LogP contribution in [-0.4, -0.2) is 53.7 Å². The van der Waals surface area contributed by atoms with E-state index in [1.807, 2.05) is 27.7 Å². The molecular formula is C20H37N3O3. The molecule has 1 heterocycles. The molecule has 0 aromatic rings. The standard InChI is InChI=1S/C20H37N3O3/c1-14-6-8-16(9-7-14)21-18(24)15(2)23-12-10-17(11-13-23)22-19(25)26-20(3,4)5/h14-17H,6-13H2,1-5H3,(H,21,24)(H,22,25). The van der Waals surface area contributed by atoms with Gasteiger partial charge in [-0.2, -0.15) is 0 Å². The number of piperidine rings is 1. The Bertz CT molecular complexity index is 473. The van der Waals surface area contributed by atoms with Crippen LogP contribution in [0.5, 0.6) is 0 Å². The summed E-state index contributed by atoms with van der Waals surface area (Å²) < 4.78 is 5.32. The van der Waals surface area contributed by atoms with Crippen molar-refractivity contribution < 1.29 is 14.3 Å². The van der Waals surface area contributed by atoms with E-state index in [9.17, 15) is 9.59 Å². The summed E-state index contributed by atoms with van der Waals surface area (Å²) in [5.74, 6) is 0.931. The number of alkyl carbamates (subject to hydrolysis) is 1. The van der Waals surface area contributed by atoms with Crippen LogP contribution in [0.2, 0.25) is 0 Å². The van der Waals surface area contributed by atoms with Gasteiger partial charge in [-0.15, -0.1) is 0 Å². The first-order chi connectivity index (χ1) is 12.1. The van der Waals surface area contributed by atoms with Gasteiger partial charge in [-0.1, -0.05) is 6.92 Å². The zero-order chi connectivity index (χ0) is 19.3. The van der Waals surface area contributed by atoms with Gasteiger partial charge in [0.05, 0.1) is 6.04 Å². The fourth-order valence-electron chi connectivity index (χ4n) is 3.80. The van der Waals surface area contributed by atoms with Crippen LogP contribution < -0.4 is 10.6 Å². The minimum atomic E-state index is -0.478. The van der Waals surface area contributed by atoms with Crippen LogP contribution in [0.15, 0.2) is 0 Å². The van der Waals surface area contributed by atoms with E-state index in [1.54, 1.807) is 0 Å². The summed E-state index contributed by atoms with van der Waals surface area (Å²) in [6.45, 7) is 11.5. The van der Waals surface area contributed by atoms with Crippen molar-refractivity contribution in [2.24, 2.45) is 5.92 Å². The van der Waals surface area contributed by atoms with Gasteiger partial charge in [0.1, 0.15) is 5.60 Å². The number of nitrogens with zero attached hydrogens (tertiary/aromatic N) is 1. The largest absolute Gasteiger partial charge is 0.444 e. The second-order valence-electron chi connectivity index (χ2n) is 9.10. The molecule has 0 aromatic heterocycles. The van der Waals surface area contributed by atoms with Crippen molar-refractivity contribution in [3.63, 3.8) is 0 Å². The minimum Gasteiger partial charge on any atom is -0.444 e. The number of hydrogen-bond acceptors (Lipinski definition) is 4. The summed E-state index contributed by atoms with van der Waals surface area (Å²) in [5, 5.41) is 6.18. The molecular weight excluding hydrogens is 330 g/mol. The first-order valence-electron chi connectivity index (χ1n) is 10.2. The highest BCUT2D eigenvalue weighted by Gasteiger charge is 2.29. The molecule has 0 radical (unpaired) electrons. The number of rotatable bonds is 4. The fourth-order valence-corrected chi connectivity index (χ4v) is 3.80. The lowest BCUT2D eigenvalue weighted by Crippen LogP contribution is -2.53. The second-order valence-corrected chi connectivity index (χ2v) is 9.10. The highest BCUT2D eigenvalue weighted by molar-refractivity contribution is 5.81. The number of nitrogens with one attached hydrogen (secondary N) is 2. The molecule has 1 unspecified atom stereocenters. The third-order valence-electron chi connectivity index (χ3n) is 5.54. The van der Waals surface area contributed by atoms with Crippen LogP contribution in [0.25, 0.3) is 0 Å². The Morgan fingerprint density at radius 2 is 1.50 bits per heavy atom. The molecule has 1 aliphatic heterocycles. The van der Waals surface area contributed by atoms with Gasteiger partial charge in [-0.05, 0) is 72.1 Å². The Balaban J connectivity index is 1.71. The number of carbonyl (C=O) groups is 2. The third-order valence-corrected chi connectivity index (χ3v) is 5.54. The van der Waals surface area contributed by atoms with Crippen molar-refractivity contribution >= 4 is 12.0 Å². The lowest BCUT2D eigenvalue weighted by molar-refractivity contribution is -0.127. The molecule has 1 aliphatic carbocycles. The Morgan fingerprint density at radius 1 is 0.962 bits per heavy atom. The summed E-state index contributed by atoms with van der Waals surface area (Å²) in [6.07, 6.45) is 5.95. The van der Waals surface area contributed by atoms with Crippen LogP contribution in [0.3, 0.4) is 0 Å². The van der Waals surface area contributed by atoms with Gasteiger partial charge in [0.2, 0.25) is 5.91 Å². The molecule has 1 saturated carbocycles. The summed E-state index contributed by atoms with van der Waals surface area (Å²) in [4.78, 5) is 26.7. The summed E-state index contributed by atoms with van der Waals surface area (Å²) in [5.41, 5.74) is -0.478. The second kappa shape index (κ2) is 9.07. The van der Waals surface area contributed by atoms with E-state index in [0.717, 1.165) is 44.7 Å². The average molecular weight is 368 g/mol. The Labute approximate surface area is 158 Å². The maximum Gasteiger partial charge on any atom is 0.407 e. The quantitative estimate of drug-likeness (QED) is 0.801.